The number of ether oxygens (including phenoxy) is 1. The van der Waals surface area contributed by atoms with Crippen LogP contribution in [0.5, 0.6) is 0 Å². The molecule has 0 bridgehead atoms. The van der Waals surface area contributed by atoms with Gasteiger partial charge in [-0.2, -0.15) is 0 Å². The van der Waals surface area contributed by atoms with Gasteiger partial charge in [0.05, 0.1) is 25.2 Å². The van der Waals surface area contributed by atoms with E-state index in [1.54, 1.807) is 0 Å². The first kappa shape index (κ1) is 57.0. The lowest BCUT2D eigenvalue weighted by molar-refractivity contribution is -0.150. The highest BCUT2D eigenvalue weighted by atomic mass is 16.5. The number of aliphatic hydroxyl groups is 2. The summed E-state index contributed by atoms with van der Waals surface area (Å²) in [6.45, 7) is 6.19. The van der Waals surface area contributed by atoms with E-state index in [-0.39, 0.29) is 24.9 Å². The van der Waals surface area contributed by atoms with E-state index in [9.17, 15) is 19.8 Å². The minimum atomic E-state index is -0.822. The quantitative estimate of drug-likeness (QED) is 0.0246. The van der Waals surface area contributed by atoms with Crippen molar-refractivity contribution in [1.82, 2.24) is 5.32 Å². The van der Waals surface area contributed by atoms with E-state index < -0.39 is 18.2 Å². The predicted molar refractivity (Wildman–Crippen MR) is 259 cm³/mol. The average Bonchev–Trinajstić information content (AvgIpc) is 3.24. The summed E-state index contributed by atoms with van der Waals surface area (Å²) in [6.07, 6.45) is 61.0. The first-order valence-electron chi connectivity index (χ1n) is 24.9. The molecule has 0 aliphatic carbocycles. The molecule has 0 rings (SSSR count). The molecule has 3 N–H and O–H groups in total. The standard InChI is InChI=1S/C54H93NO5/c1-4-7-10-13-16-19-22-24-26-27-28-31-34-37-40-43-46-52(57)51(49-56)55-53(58)48-50(45-42-39-36-33-30-21-18-15-12-9-6-3)60-54(59)47-44-41-38-35-32-29-25-23-20-17-14-11-8-5-2/h8-9,11-12,15,17-18,20-21,30,33,36,39,42,50-52,56-57H,4-7,10,13-14,16,19,22-29,31-32,34-35,37-38,40-41,43-49H2,1-3H3,(H,55,58)/b11-8+,12-9+,18-15+,20-17+,30-21-,36-33-,42-39+. The van der Waals surface area contributed by atoms with Gasteiger partial charge in [0.25, 0.3) is 0 Å². The molecule has 344 valence electrons. The van der Waals surface area contributed by atoms with E-state index >= 15 is 0 Å². The van der Waals surface area contributed by atoms with Crippen LogP contribution in [0.3, 0.4) is 0 Å². The zero-order valence-electron chi connectivity index (χ0n) is 39.1. The molecule has 6 heteroatoms. The molecule has 6 nitrogen and oxygen atoms in total. The maximum Gasteiger partial charge on any atom is 0.306 e. The number of amides is 1. The van der Waals surface area contributed by atoms with Crippen molar-refractivity contribution >= 4 is 11.9 Å². The Balaban J connectivity index is 4.63. The number of esters is 1. The summed E-state index contributed by atoms with van der Waals surface area (Å²) in [5, 5.41) is 23.7. The third-order valence-corrected chi connectivity index (χ3v) is 10.8. The summed E-state index contributed by atoms with van der Waals surface area (Å²) in [7, 11) is 0. The number of nitrogens with one attached hydrogen (secondary N) is 1. The van der Waals surface area contributed by atoms with Crippen molar-refractivity contribution in [2.75, 3.05) is 6.61 Å². The van der Waals surface area contributed by atoms with Gasteiger partial charge in [0.15, 0.2) is 0 Å². The Hall–Kier alpha value is -2.96. The van der Waals surface area contributed by atoms with Gasteiger partial charge >= 0.3 is 5.97 Å². The highest BCUT2D eigenvalue weighted by Gasteiger charge is 2.23. The van der Waals surface area contributed by atoms with Crippen LogP contribution in [0.15, 0.2) is 85.1 Å². The van der Waals surface area contributed by atoms with Crippen molar-refractivity contribution in [3.8, 4) is 0 Å². The normalized spacial score (nSPS) is 14.0. The van der Waals surface area contributed by atoms with Crippen LogP contribution < -0.4 is 5.32 Å². The molecule has 0 aromatic heterocycles. The van der Waals surface area contributed by atoms with E-state index in [1.165, 1.54) is 109 Å². The van der Waals surface area contributed by atoms with Gasteiger partial charge in [0, 0.05) is 12.8 Å². The molecule has 3 unspecified atom stereocenters. The second-order valence-corrected chi connectivity index (χ2v) is 16.6. The molecule has 0 saturated carbocycles. The summed E-state index contributed by atoms with van der Waals surface area (Å²) in [5.74, 6) is -0.621. The number of carbonyl (C=O) groups excluding carboxylic acids is 2. The summed E-state index contributed by atoms with van der Waals surface area (Å²) in [6, 6.07) is -0.744. The Morgan fingerprint density at radius 1 is 0.533 bits per heavy atom. The lowest BCUT2D eigenvalue weighted by Gasteiger charge is -2.24. The fraction of sp³-hybridized carbons (Fsp3) is 0.704. The van der Waals surface area contributed by atoms with Crippen molar-refractivity contribution in [3.05, 3.63) is 85.1 Å². The summed E-state index contributed by atoms with van der Waals surface area (Å²) >= 11 is 0. The van der Waals surface area contributed by atoms with E-state index in [1.807, 2.05) is 54.7 Å². The zero-order chi connectivity index (χ0) is 43.8. The van der Waals surface area contributed by atoms with Crippen LogP contribution in [0, 0.1) is 0 Å². The maximum absolute atomic E-state index is 13.1. The summed E-state index contributed by atoms with van der Waals surface area (Å²) < 4.78 is 5.83. The van der Waals surface area contributed by atoms with E-state index in [0.29, 0.717) is 19.3 Å². The Bertz CT molecular complexity index is 1160. The first-order chi connectivity index (χ1) is 29.5. The Kier molecular flexibility index (Phi) is 44.8. The van der Waals surface area contributed by atoms with Crippen molar-refractivity contribution in [1.29, 1.82) is 0 Å². The van der Waals surface area contributed by atoms with Gasteiger partial charge in [-0.05, 0) is 44.9 Å². The van der Waals surface area contributed by atoms with Crippen molar-refractivity contribution in [2.24, 2.45) is 0 Å². The fourth-order valence-corrected chi connectivity index (χ4v) is 7.14. The summed E-state index contributed by atoms with van der Waals surface area (Å²) in [4.78, 5) is 26.0. The lowest BCUT2D eigenvalue weighted by atomic mass is 10.0. The van der Waals surface area contributed by atoms with Crippen LogP contribution in [0.1, 0.15) is 220 Å². The van der Waals surface area contributed by atoms with Gasteiger partial charge in [-0.3, -0.25) is 9.59 Å². The third kappa shape index (κ3) is 41.8. The molecule has 3 atom stereocenters. The van der Waals surface area contributed by atoms with Crippen LogP contribution in [0.4, 0.5) is 0 Å². The molecule has 0 fully saturated rings. The Labute approximate surface area is 370 Å². The number of unbranched alkanes of at least 4 members (excludes halogenated alkanes) is 22. The molecule has 0 aliphatic rings. The van der Waals surface area contributed by atoms with Gasteiger partial charge in [0.2, 0.25) is 5.91 Å². The number of allylic oxidation sites excluding steroid dienone is 13. The van der Waals surface area contributed by atoms with Gasteiger partial charge in [-0.15, -0.1) is 0 Å². The summed E-state index contributed by atoms with van der Waals surface area (Å²) in [5.41, 5.74) is 0. The largest absolute Gasteiger partial charge is 0.461 e. The van der Waals surface area contributed by atoms with E-state index in [4.69, 9.17) is 4.74 Å². The zero-order valence-corrected chi connectivity index (χ0v) is 39.1. The monoisotopic (exact) mass is 836 g/mol. The van der Waals surface area contributed by atoms with E-state index in [0.717, 1.165) is 64.2 Å². The molecule has 60 heavy (non-hydrogen) atoms. The van der Waals surface area contributed by atoms with Crippen LogP contribution >= 0.6 is 0 Å². The number of carbonyl (C=O) groups is 2. The molecule has 0 aromatic rings. The van der Waals surface area contributed by atoms with Crippen molar-refractivity contribution < 1.29 is 24.5 Å². The number of aliphatic hydroxyl groups excluding tert-OH is 2. The van der Waals surface area contributed by atoms with Crippen LogP contribution in [-0.4, -0.2) is 46.9 Å². The maximum atomic E-state index is 13.1. The number of rotatable bonds is 43. The van der Waals surface area contributed by atoms with Gasteiger partial charge in [-0.25, -0.2) is 0 Å². The molecule has 0 heterocycles. The van der Waals surface area contributed by atoms with Crippen molar-refractivity contribution in [2.45, 2.75) is 238 Å². The highest BCUT2D eigenvalue weighted by Crippen LogP contribution is 2.16. The smallest absolute Gasteiger partial charge is 0.306 e. The minimum absolute atomic E-state index is 0.0251. The SMILES string of the molecule is CC/C=C/C=C/C=C\C=C/C=C/CC(CC(=O)NC(CO)C(O)CCCCCCCCCCCCCCCCCC)OC(=O)CCCCCCCCC/C=C/C/C=C/CC. The number of hydrogen-bond acceptors (Lipinski definition) is 5. The van der Waals surface area contributed by atoms with Crippen LogP contribution in [0.2, 0.25) is 0 Å². The second-order valence-electron chi connectivity index (χ2n) is 16.6. The third-order valence-electron chi connectivity index (χ3n) is 10.8. The topological polar surface area (TPSA) is 95.9 Å². The van der Waals surface area contributed by atoms with Gasteiger partial charge < -0.3 is 20.3 Å². The highest BCUT2D eigenvalue weighted by molar-refractivity contribution is 5.77. The van der Waals surface area contributed by atoms with Crippen LogP contribution in [-0.2, 0) is 14.3 Å². The molecule has 0 aromatic carbocycles. The van der Waals surface area contributed by atoms with Crippen molar-refractivity contribution in [3.63, 3.8) is 0 Å². The second kappa shape index (κ2) is 47.1. The molecule has 0 saturated heterocycles. The Morgan fingerprint density at radius 2 is 1.00 bits per heavy atom. The number of hydrogen-bond donors (Lipinski definition) is 3. The fourth-order valence-electron chi connectivity index (χ4n) is 7.14. The Morgan fingerprint density at radius 3 is 1.53 bits per heavy atom. The minimum Gasteiger partial charge on any atom is -0.461 e. The molecule has 0 spiro atoms. The van der Waals surface area contributed by atoms with Crippen LogP contribution in [0.25, 0.3) is 0 Å². The predicted octanol–water partition coefficient (Wildman–Crippen LogP) is 14.8. The molecule has 0 radical (unpaired) electrons. The average molecular weight is 836 g/mol. The van der Waals surface area contributed by atoms with Gasteiger partial charge in [-0.1, -0.05) is 241 Å². The molecular weight excluding hydrogens is 743 g/mol. The first-order valence-corrected chi connectivity index (χ1v) is 24.9. The molecular formula is C54H93NO5. The van der Waals surface area contributed by atoms with Gasteiger partial charge in [0.1, 0.15) is 6.10 Å². The lowest BCUT2D eigenvalue weighted by Crippen LogP contribution is -2.46. The molecule has 0 aliphatic heterocycles. The molecule has 1 amide bonds. The van der Waals surface area contributed by atoms with E-state index in [2.05, 4.69) is 56.5 Å².